The van der Waals surface area contributed by atoms with Crippen molar-refractivity contribution in [2.75, 3.05) is 34.4 Å². The minimum Gasteiger partial charge on any atom is -0.507 e. The van der Waals surface area contributed by atoms with Crippen molar-refractivity contribution in [2.45, 2.75) is 18.8 Å². The number of benzene rings is 3. The summed E-state index contributed by atoms with van der Waals surface area (Å²) in [4.78, 5) is 13.5. The number of hydrogen-bond acceptors (Lipinski definition) is 5. The fourth-order valence-electron chi connectivity index (χ4n) is 3.89. The third kappa shape index (κ3) is 6.49. The van der Waals surface area contributed by atoms with E-state index in [2.05, 4.69) is 12.1 Å². The van der Waals surface area contributed by atoms with E-state index in [4.69, 9.17) is 9.47 Å². The van der Waals surface area contributed by atoms with E-state index >= 15 is 0 Å². The van der Waals surface area contributed by atoms with E-state index in [9.17, 15) is 15.0 Å². The van der Waals surface area contributed by atoms with Gasteiger partial charge in [-0.25, -0.2) is 4.79 Å². The van der Waals surface area contributed by atoms with Crippen molar-refractivity contribution in [3.8, 4) is 17.2 Å². The maximum Gasteiger partial charge on any atom is 0.339 e. The number of phenols is 1. The van der Waals surface area contributed by atoms with Crippen LogP contribution in [0.5, 0.6) is 17.2 Å². The average Bonchev–Trinajstić information content (AvgIpc) is 2.81. The molecule has 0 aliphatic carbocycles. The Bertz CT molecular complexity index is 1080. The van der Waals surface area contributed by atoms with Crippen LogP contribution in [0.2, 0.25) is 0 Å². The lowest BCUT2D eigenvalue weighted by Gasteiger charge is -2.24. The number of carboxylic acids is 1. The summed E-state index contributed by atoms with van der Waals surface area (Å²) in [6.07, 6.45) is 1.65. The van der Waals surface area contributed by atoms with Gasteiger partial charge in [0.1, 0.15) is 22.8 Å². The lowest BCUT2D eigenvalue weighted by molar-refractivity contribution is 0.0693. The Kier molecular flexibility index (Phi) is 8.33. The van der Waals surface area contributed by atoms with Gasteiger partial charge in [0.05, 0.1) is 13.7 Å². The van der Waals surface area contributed by atoms with Crippen LogP contribution in [0, 0.1) is 0 Å². The number of likely N-dealkylation sites (N-methyl/N-ethyl adjacent to an activating group) is 1. The predicted octanol–water partition coefficient (Wildman–Crippen LogP) is 4.61. The first-order valence-electron chi connectivity index (χ1n) is 10.9. The molecule has 3 aromatic carbocycles. The summed E-state index contributed by atoms with van der Waals surface area (Å²) in [6.45, 7) is 0.910. The molecule has 33 heavy (non-hydrogen) atoms. The first-order valence-corrected chi connectivity index (χ1v) is 10.9. The van der Waals surface area contributed by atoms with E-state index in [0.717, 1.165) is 29.9 Å². The molecule has 0 bridgehead atoms. The number of para-hydroxylation sites is 2. The molecule has 3 rings (SSSR count). The molecule has 0 radical (unpaired) electrons. The molecule has 1 atom stereocenters. The van der Waals surface area contributed by atoms with Gasteiger partial charge in [0.25, 0.3) is 0 Å². The van der Waals surface area contributed by atoms with Gasteiger partial charge in [-0.2, -0.15) is 0 Å². The summed E-state index contributed by atoms with van der Waals surface area (Å²) in [6, 6.07) is 20.8. The molecule has 0 saturated carbocycles. The number of hydrogen-bond donors (Lipinski definition) is 2. The number of aromatic carboxylic acids is 1. The summed E-state index contributed by atoms with van der Waals surface area (Å²) in [5.74, 6) is 0.0734. The number of aromatic hydroxyl groups is 1. The summed E-state index contributed by atoms with van der Waals surface area (Å²) in [7, 11) is 5.54. The van der Waals surface area contributed by atoms with Gasteiger partial charge in [-0.05, 0) is 62.3 Å². The molecule has 0 fully saturated rings. The SMILES string of the molecule is COc1cccc(CCc2ccccc2OCC(CN(C)C)c2cccc(C(=O)O)c2O)c1. The molecule has 174 valence electrons. The number of methoxy groups -OCH3 is 1. The van der Waals surface area contributed by atoms with Crippen molar-refractivity contribution in [1.82, 2.24) is 4.90 Å². The van der Waals surface area contributed by atoms with E-state index in [1.807, 2.05) is 55.4 Å². The second kappa shape index (κ2) is 11.4. The molecule has 0 saturated heterocycles. The topological polar surface area (TPSA) is 79.2 Å². The summed E-state index contributed by atoms with van der Waals surface area (Å²) < 4.78 is 11.5. The van der Waals surface area contributed by atoms with Crippen LogP contribution >= 0.6 is 0 Å². The molecule has 0 aliphatic heterocycles. The average molecular weight is 450 g/mol. The van der Waals surface area contributed by atoms with Gasteiger partial charge in [-0.3, -0.25) is 0 Å². The largest absolute Gasteiger partial charge is 0.507 e. The molecule has 6 heteroatoms. The highest BCUT2D eigenvalue weighted by molar-refractivity contribution is 5.91. The standard InChI is InChI=1S/C27H31NO5/c1-28(2)17-21(23-11-7-12-24(26(23)29)27(30)31)18-33-25-13-5-4-9-20(25)15-14-19-8-6-10-22(16-19)32-3/h4-13,16,21,29H,14-15,17-18H2,1-3H3,(H,30,31). The van der Waals surface area contributed by atoms with E-state index in [0.29, 0.717) is 18.7 Å². The zero-order chi connectivity index (χ0) is 23.8. The molecule has 0 heterocycles. The Morgan fingerprint density at radius 3 is 2.48 bits per heavy atom. The Labute approximate surface area is 195 Å². The van der Waals surface area contributed by atoms with Crippen molar-refractivity contribution in [2.24, 2.45) is 0 Å². The highest BCUT2D eigenvalue weighted by Gasteiger charge is 2.22. The van der Waals surface area contributed by atoms with Gasteiger partial charge in [-0.1, -0.05) is 42.5 Å². The quantitative estimate of drug-likeness (QED) is 0.445. The minimum atomic E-state index is -1.15. The Morgan fingerprint density at radius 1 is 1.00 bits per heavy atom. The zero-order valence-corrected chi connectivity index (χ0v) is 19.3. The summed E-state index contributed by atoms with van der Waals surface area (Å²) in [5.41, 5.74) is 2.74. The van der Waals surface area contributed by atoms with Crippen molar-refractivity contribution in [1.29, 1.82) is 0 Å². The summed E-state index contributed by atoms with van der Waals surface area (Å²) in [5, 5.41) is 20.0. The monoisotopic (exact) mass is 449 g/mol. The smallest absolute Gasteiger partial charge is 0.339 e. The number of rotatable bonds is 11. The van der Waals surface area contributed by atoms with Crippen LogP contribution in [-0.4, -0.2) is 55.4 Å². The fourth-order valence-corrected chi connectivity index (χ4v) is 3.89. The molecule has 2 N–H and O–H groups in total. The van der Waals surface area contributed by atoms with Gasteiger partial charge in [0.15, 0.2) is 0 Å². The van der Waals surface area contributed by atoms with Crippen molar-refractivity contribution < 1.29 is 24.5 Å². The number of carbonyl (C=O) groups is 1. The fraction of sp³-hybridized carbons (Fsp3) is 0.296. The molecule has 0 spiro atoms. The van der Waals surface area contributed by atoms with Gasteiger partial charge in [-0.15, -0.1) is 0 Å². The van der Waals surface area contributed by atoms with Gasteiger partial charge >= 0.3 is 5.97 Å². The normalized spacial score (nSPS) is 11.9. The first kappa shape index (κ1) is 24.1. The molecule has 6 nitrogen and oxygen atoms in total. The lowest BCUT2D eigenvalue weighted by Crippen LogP contribution is -2.25. The molecular formula is C27H31NO5. The lowest BCUT2D eigenvalue weighted by atomic mass is 9.95. The van der Waals surface area contributed by atoms with Crippen LogP contribution in [0.3, 0.4) is 0 Å². The zero-order valence-electron chi connectivity index (χ0n) is 19.3. The minimum absolute atomic E-state index is 0.102. The molecule has 0 aromatic heterocycles. The number of aryl methyl sites for hydroxylation is 2. The van der Waals surface area contributed by atoms with Gasteiger partial charge in [0.2, 0.25) is 0 Å². The van der Waals surface area contributed by atoms with Crippen LogP contribution in [0.4, 0.5) is 0 Å². The van der Waals surface area contributed by atoms with Crippen molar-refractivity contribution in [3.63, 3.8) is 0 Å². The third-order valence-electron chi connectivity index (χ3n) is 5.55. The summed E-state index contributed by atoms with van der Waals surface area (Å²) >= 11 is 0. The molecular weight excluding hydrogens is 418 g/mol. The van der Waals surface area contributed by atoms with E-state index < -0.39 is 5.97 Å². The van der Waals surface area contributed by atoms with Crippen LogP contribution in [-0.2, 0) is 12.8 Å². The highest BCUT2D eigenvalue weighted by atomic mass is 16.5. The third-order valence-corrected chi connectivity index (χ3v) is 5.55. The number of carboxylic acid groups (broad SMARTS) is 1. The van der Waals surface area contributed by atoms with Gasteiger partial charge in [0, 0.05) is 18.0 Å². The predicted molar refractivity (Wildman–Crippen MR) is 129 cm³/mol. The number of ether oxygens (including phenoxy) is 2. The van der Waals surface area contributed by atoms with Crippen LogP contribution in [0.15, 0.2) is 66.7 Å². The van der Waals surface area contributed by atoms with Crippen LogP contribution in [0.25, 0.3) is 0 Å². The van der Waals surface area contributed by atoms with Gasteiger partial charge < -0.3 is 24.6 Å². The van der Waals surface area contributed by atoms with E-state index in [1.54, 1.807) is 19.2 Å². The molecule has 0 amide bonds. The van der Waals surface area contributed by atoms with Crippen molar-refractivity contribution >= 4 is 5.97 Å². The maximum atomic E-state index is 11.5. The molecule has 3 aromatic rings. The Hall–Kier alpha value is -3.51. The van der Waals surface area contributed by atoms with E-state index in [1.165, 1.54) is 11.6 Å². The molecule has 0 aliphatic rings. The van der Waals surface area contributed by atoms with Crippen molar-refractivity contribution in [3.05, 3.63) is 89.0 Å². The second-order valence-electron chi connectivity index (χ2n) is 8.28. The van der Waals surface area contributed by atoms with E-state index in [-0.39, 0.29) is 17.2 Å². The number of nitrogens with zero attached hydrogens (tertiary/aromatic N) is 1. The Balaban J connectivity index is 1.76. The highest BCUT2D eigenvalue weighted by Crippen LogP contribution is 2.31. The maximum absolute atomic E-state index is 11.5. The van der Waals surface area contributed by atoms with Crippen LogP contribution < -0.4 is 9.47 Å². The Morgan fingerprint density at radius 2 is 1.76 bits per heavy atom. The molecule has 1 unspecified atom stereocenters. The second-order valence-corrected chi connectivity index (χ2v) is 8.28. The van der Waals surface area contributed by atoms with Crippen LogP contribution in [0.1, 0.15) is 33.0 Å². The first-order chi connectivity index (χ1) is 15.9.